The minimum atomic E-state index is -1.15. The van der Waals surface area contributed by atoms with Crippen LogP contribution in [0.1, 0.15) is 43.7 Å². The van der Waals surface area contributed by atoms with Crippen LogP contribution in [0.4, 0.5) is 5.69 Å². The van der Waals surface area contributed by atoms with Crippen LogP contribution in [0.5, 0.6) is 0 Å². The molecule has 1 spiro atoms. The van der Waals surface area contributed by atoms with Crippen LogP contribution in [0.15, 0.2) is 43.5 Å². The summed E-state index contributed by atoms with van der Waals surface area (Å²) in [6.45, 7) is 13.4. The third kappa shape index (κ3) is 4.30. The summed E-state index contributed by atoms with van der Waals surface area (Å²) in [7, 11) is 0. The zero-order chi connectivity index (χ0) is 26.9. The number of ether oxygens (including phenoxy) is 2. The van der Waals surface area contributed by atoms with E-state index in [1.807, 2.05) is 39.0 Å². The van der Waals surface area contributed by atoms with Crippen LogP contribution in [-0.2, 0) is 23.9 Å². The molecule has 2 bridgehead atoms. The Morgan fingerprint density at radius 2 is 2.00 bits per heavy atom. The number of fused-ring (bicyclic) bond motifs is 1. The maximum atomic E-state index is 14.5. The second kappa shape index (κ2) is 10.8. The van der Waals surface area contributed by atoms with Crippen LogP contribution >= 0.6 is 0 Å². The maximum absolute atomic E-state index is 14.5. The summed E-state index contributed by atoms with van der Waals surface area (Å²) in [5, 5.41) is 10.2. The first kappa shape index (κ1) is 27.1. The quantitative estimate of drug-likeness (QED) is 0.279. The van der Waals surface area contributed by atoms with Gasteiger partial charge >= 0.3 is 5.97 Å². The number of nitrogens with zero attached hydrogens (tertiary/aromatic N) is 2. The fourth-order valence-corrected chi connectivity index (χ4v) is 6.58. The van der Waals surface area contributed by atoms with Crippen molar-refractivity contribution in [2.45, 2.75) is 70.2 Å². The normalized spacial score (nSPS) is 28.6. The molecular formula is C29H38N2O6. The zero-order valence-electron chi connectivity index (χ0n) is 22.0. The van der Waals surface area contributed by atoms with Crippen molar-refractivity contribution in [3.05, 3.63) is 54.6 Å². The summed E-state index contributed by atoms with van der Waals surface area (Å²) >= 11 is 0. The number of carbonyl (C=O) groups is 3. The molecule has 2 unspecified atom stereocenters. The van der Waals surface area contributed by atoms with Crippen molar-refractivity contribution in [3.63, 3.8) is 0 Å². The lowest BCUT2D eigenvalue weighted by molar-refractivity contribution is -0.155. The summed E-state index contributed by atoms with van der Waals surface area (Å²) in [5.74, 6) is -2.71. The number of aliphatic hydroxyl groups excluding tert-OH is 1. The number of aliphatic hydroxyl groups is 1. The number of para-hydroxylation sites is 1. The third-order valence-corrected chi connectivity index (χ3v) is 8.17. The number of anilines is 1. The Balaban J connectivity index is 1.80. The van der Waals surface area contributed by atoms with Gasteiger partial charge in [-0.3, -0.25) is 14.4 Å². The van der Waals surface area contributed by atoms with Gasteiger partial charge < -0.3 is 24.4 Å². The van der Waals surface area contributed by atoms with E-state index in [0.29, 0.717) is 25.7 Å². The Bertz CT molecular complexity index is 1060. The molecule has 1 N–H and O–H groups in total. The van der Waals surface area contributed by atoms with Crippen molar-refractivity contribution in [1.82, 2.24) is 4.90 Å². The van der Waals surface area contributed by atoms with Gasteiger partial charge in [-0.2, -0.15) is 0 Å². The van der Waals surface area contributed by atoms with Gasteiger partial charge in [0.05, 0.1) is 37.2 Å². The number of benzene rings is 1. The van der Waals surface area contributed by atoms with Gasteiger partial charge in [0.1, 0.15) is 11.6 Å². The maximum Gasteiger partial charge on any atom is 0.312 e. The third-order valence-electron chi connectivity index (χ3n) is 8.17. The summed E-state index contributed by atoms with van der Waals surface area (Å²) < 4.78 is 12.0. The van der Waals surface area contributed by atoms with E-state index < -0.39 is 41.6 Å². The van der Waals surface area contributed by atoms with E-state index in [1.54, 1.807) is 17.1 Å². The summed E-state index contributed by atoms with van der Waals surface area (Å²) in [6, 6.07) is 4.27. The predicted octanol–water partition coefficient (Wildman–Crippen LogP) is 3.09. The van der Waals surface area contributed by atoms with Gasteiger partial charge in [0, 0.05) is 12.2 Å². The van der Waals surface area contributed by atoms with Crippen LogP contribution < -0.4 is 4.90 Å². The van der Waals surface area contributed by atoms with Crippen LogP contribution in [0.3, 0.4) is 0 Å². The Kier molecular flexibility index (Phi) is 7.90. The number of hydrogen-bond acceptors (Lipinski definition) is 6. The van der Waals surface area contributed by atoms with Crippen molar-refractivity contribution in [2.24, 2.45) is 11.8 Å². The first-order chi connectivity index (χ1) is 17.8. The average molecular weight is 511 g/mol. The topological polar surface area (TPSA) is 96.4 Å². The van der Waals surface area contributed by atoms with E-state index in [1.165, 1.54) is 4.90 Å². The fraction of sp³-hybridized carbons (Fsp3) is 0.552. The van der Waals surface area contributed by atoms with Gasteiger partial charge in [-0.05, 0) is 50.7 Å². The Morgan fingerprint density at radius 3 is 2.59 bits per heavy atom. The molecule has 3 heterocycles. The van der Waals surface area contributed by atoms with Gasteiger partial charge in [-0.25, -0.2) is 0 Å². The van der Waals surface area contributed by atoms with E-state index in [4.69, 9.17) is 9.47 Å². The van der Waals surface area contributed by atoms with Crippen molar-refractivity contribution in [3.8, 4) is 0 Å². The van der Waals surface area contributed by atoms with Crippen LogP contribution in [-0.4, -0.2) is 71.3 Å². The van der Waals surface area contributed by atoms with Crippen LogP contribution in [0.2, 0.25) is 0 Å². The van der Waals surface area contributed by atoms with Gasteiger partial charge in [-0.1, -0.05) is 37.3 Å². The monoisotopic (exact) mass is 510 g/mol. The Hall–Kier alpha value is -2.97. The largest absolute Gasteiger partial charge is 0.465 e. The lowest BCUT2D eigenvalue weighted by Crippen LogP contribution is -2.59. The minimum Gasteiger partial charge on any atom is -0.465 e. The Morgan fingerprint density at radius 1 is 1.30 bits per heavy atom. The SMILES string of the molecule is C=CCCOC(=O)[C@@H]1[C@H]2C(=O)N([C@@H](CC)CO)C(C(=O)N(CC=C)c3c(C)cccc3C)C23CC[C@H]1O3. The predicted molar refractivity (Wildman–Crippen MR) is 140 cm³/mol. The first-order valence-corrected chi connectivity index (χ1v) is 13.1. The standard InChI is InChI=1S/C29H38N2O6/c1-6-9-16-36-28(35)22-21-13-14-29(37-21)23(22)26(33)31(20(8-3)17-32)25(29)27(34)30(15-7-2)24-18(4)11-10-12-19(24)5/h6-7,10-12,20-23,25,32H,1-2,8-9,13-17H2,3-5H3/t20-,21+,22-,23-,25?,29?/m0/s1. The smallest absolute Gasteiger partial charge is 0.312 e. The molecule has 37 heavy (non-hydrogen) atoms. The second-order valence-corrected chi connectivity index (χ2v) is 10.3. The van der Waals surface area contributed by atoms with E-state index in [9.17, 15) is 19.5 Å². The highest BCUT2D eigenvalue weighted by atomic mass is 16.6. The van der Waals surface area contributed by atoms with Crippen molar-refractivity contribution >= 4 is 23.5 Å². The highest BCUT2D eigenvalue weighted by molar-refractivity contribution is 6.05. The molecular weight excluding hydrogens is 472 g/mol. The molecule has 3 aliphatic rings. The number of amides is 2. The van der Waals surface area contributed by atoms with Crippen molar-refractivity contribution in [1.29, 1.82) is 0 Å². The fourth-order valence-electron chi connectivity index (χ4n) is 6.58. The molecule has 0 aromatic heterocycles. The highest BCUT2D eigenvalue weighted by Gasteiger charge is 2.75. The van der Waals surface area contributed by atoms with Crippen LogP contribution in [0, 0.1) is 25.7 Å². The molecule has 3 saturated heterocycles. The molecule has 3 fully saturated rings. The molecule has 2 amide bonds. The zero-order valence-corrected chi connectivity index (χ0v) is 22.0. The van der Waals surface area contributed by atoms with E-state index in [-0.39, 0.29) is 31.6 Å². The van der Waals surface area contributed by atoms with Crippen LogP contribution in [0.25, 0.3) is 0 Å². The number of rotatable bonds is 11. The van der Waals surface area contributed by atoms with Crippen molar-refractivity contribution in [2.75, 3.05) is 24.7 Å². The molecule has 1 aromatic carbocycles. The molecule has 6 atom stereocenters. The van der Waals surface area contributed by atoms with E-state index >= 15 is 0 Å². The molecule has 200 valence electrons. The molecule has 8 heteroatoms. The lowest BCUT2D eigenvalue weighted by atomic mass is 9.70. The average Bonchev–Trinajstić information content (AvgIpc) is 3.52. The van der Waals surface area contributed by atoms with Gasteiger partial charge in [0.25, 0.3) is 5.91 Å². The molecule has 1 aromatic rings. The highest BCUT2D eigenvalue weighted by Crippen LogP contribution is 2.59. The minimum absolute atomic E-state index is 0.180. The van der Waals surface area contributed by atoms with E-state index in [2.05, 4.69) is 13.2 Å². The van der Waals surface area contributed by atoms with Crippen molar-refractivity contribution < 1.29 is 29.0 Å². The summed E-state index contributed by atoms with van der Waals surface area (Å²) in [5.41, 5.74) is 1.47. The summed E-state index contributed by atoms with van der Waals surface area (Å²) in [4.78, 5) is 44.9. The number of hydrogen-bond donors (Lipinski definition) is 1. The molecule has 3 aliphatic heterocycles. The molecule has 0 saturated carbocycles. The summed E-state index contributed by atoms with van der Waals surface area (Å²) in [6.07, 6.45) is 4.85. The molecule has 4 rings (SSSR count). The van der Waals surface area contributed by atoms with Gasteiger partial charge in [-0.15, -0.1) is 13.2 Å². The lowest BCUT2D eigenvalue weighted by Gasteiger charge is -2.39. The Labute approximate surface area is 218 Å². The van der Waals surface area contributed by atoms with Gasteiger partial charge in [0.15, 0.2) is 0 Å². The number of esters is 1. The number of carbonyl (C=O) groups excluding carboxylic acids is 3. The molecule has 0 aliphatic carbocycles. The number of likely N-dealkylation sites (tertiary alicyclic amines) is 1. The molecule has 8 nitrogen and oxygen atoms in total. The van der Waals surface area contributed by atoms with E-state index in [0.717, 1.165) is 16.8 Å². The first-order valence-electron chi connectivity index (χ1n) is 13.1. The second-order valence-electron chi connectivity index (χ2n) is 10.3. The van der Waals surface area contributed by atoms with Gasteiger partial charge in [0.2, 0.25) is 5.91 Å². The molecule has 0 radical (unpaired) electrons. The number of aryl methyl sites for hydroxylation is 2.